The van der Waals surface area contributed by atoms with Crippen molar-refractivity contribution in [2.24, 2.45) is 0 Å². The molecule has 1 fully saturated rings. The molecule has 1 aromatic carbocycles. The lowest BCUT2D eigenvalue weighted by Gasteiger charge is -2.24. The van der Waals surface area contributed by atoms with Gasteiger partial charge in [0.1, 0.15) is 5.75 Å². The molecule has 1 N–H and O–H groups in total. The Kier molecular flexibility index (Phi) is 6.21. The number of aliphatic hydroxyl groups excluding tert-OH is 1. The van der Waals surface area contributed by atoms with E-state index in [9.17, 15) is 9.90 Å². The van der Waals surface area contributed by atoms with Crippen LogP contribution in [0.3, 0.4) is 0 Å². The number of aliphatic hydroxyl groups is 1. The number of nitrogens with zero attached hydrogens (tertiary/aromatic N) is 2. The molecule has 0 saturated carbocycles. The molecule has 122 valence electrons. The van der Waals surface area contributed by atoms with Crippen molar-refractivity contribution in [3.8, 4) is 5.75 Å². The van der Waals surface area contributed by atoms with Gasteiger partial charge < -0.3 is 19.6 Å². The van der Waals surface area contributed by atoms with Crippen LogP contribution in [-0.4, -0.2) is 67.3 Å². The van der Waals surface area contributed by atoms with Gasteiger partial charge >= 0.3 is 0 Å². The Hall–Kier alpha value is -1.59. The van der Waals surface area contributed by atoms with E-state index in [0.29, 0.717) is 19.5 Å². The molecule has 22 heavy (non-hydrogen) atoms. The predicted molar refractivity (Wildman–Crippen MR) is 86.0 cm³/mol. The first-order chi connectivity index (χ1) is 10.6. The van der Waals surface area contributed by atoms with Crippen LogP contribution >= 0.6 is 0 Å². The van der Waals surface area contributed by atoms with Gasteiger partial charge in [0.2, 0.25) is 5.91 Å². The smallest absolute Gasteiger partial charge is 0.222 e. The predicted octanol–water partition coefficient (Wildman–Crippen LogP) is 1.15. The maximum absolute atomic E-state index is 11.6. The molecule has 1 aromatic rings. The number of carbonyl (C=O) groups excluding carboxylic acids is 1. The van der Waals surface area contributed by atoms with Gasteiger partial charge in [-0.3, -0.25) is 4.79 Å². The van der Waals surface area contributed by atoms with Crippen molar-refractivity contribution in [3.05, 3.63) is 29.8 Å². The van der Waals surface area contributed by atoms with E-state index in [2.05, 4.69) is 11.0 Å². The molecule has 5 nitrogen and oxygen atoms in total. The number of benzene rings is 1. The number of amides is 1. The van der Waals surface area contributed by atoms with Crippen molar-refractivity contribution in [3.63, 3.8) is 0 Å². The molecule has 1 aliphatic heterocycles. The fraction of sp³-hybridized carbons (Fsp3) is 0.588. The van der Waals surface area contributed by atoms with Gasteiger partial charge in [-0.25, -0.2) is 0 Å². The average molecular weight is 306 g/mol. The van der Waals surface area contributed by atoms with E-state index in [1.54, 1.807) is 12.0 Å². The average Bonchev–Trinajstić information content (AvgIpc) is 2.90. The number of β-amino-alcohol motifs (C(OH)–C–C–N with tert-alkyl or cyclic N) is 1. The zero-order chi connectivity index (χ0) is 15.9. The molecular weight excluding hydrogens is 280 g/mol. The second-order valence-electron chi connectivity index (χ2n) is 5.92. The third kappa shape index (κ3) is 4.71. The first-order valence-electron chi connectivity index (χ1n) is 7.86. The highest BCUT2D eigenvalue weighted by atomic mass is 16.5. The molecule has 0 radical (unpaired) electrons. The van der Waals surface area contributed by atoms with E-state index in [0.717, 1.165) is 31.7 Å². The Labute approximate surface area is 132 Å². The first-order valence-corrected chi connectivity index (χ1v) is 7.86. The number of hydrogen-bond acceptors (Lipinski definition) is 4. The summed E-state index contributed by atoms with van der Waals surface area (Å²) < 4.78 is 5.35. The summed E-state index contributed by atoms with van der Waals surface area (Å²) in [5.74, 6) is 1.06. The van der Waals surface area contributed by atoms with Crippen LogP contribution in [0.2, 0.25) is 0 Å². The van der Waals surface area contributed by atoms with Gasteiger partial charge in [0, 0.05) is 32.6 Å². The maximum Gasteiger partial charge on any atom is 0.222 e. The molecule has 1 aliphatic rings. The summed E-state index contributed by atoms with van der Waals surface area (Å²) in [6.07, 6.45) is 1.91. The highest BCUT2D eigenvalue weighted by molar-refractivity contribution is 5.78. The Morgan fingerprint density at radius 2 is 2.18 bits per heavy atom. The second-order valence-corrected chi connectivity index (χ2v) is 5.92. The van der Waals surface area contributed by atoms with Gasteiger partial charge in [-0.05, 0) is 31.5 Å². The Balaban J connectivity index is 1.75. The van der Waals surface area contributed by atoms with Crippen LogP contribution in [0.25, 0.3) is 0 Å². The lowest BCUT2D eigenvalue weighted by atomic mass is 10.1. The van der Waals surface area contributed by atoms with Gasteiger partial charge in [-0.1, -0.05) is 18.2 Å². The lowest BCUT2D eigenvalue weighted by molar-refractivity contribution is -0.129. The molecule has 1 saturated heterocycles. The highest BCUT2D eigenvalue weighted by Crippen LogP contribution is 2.18. The Bertz CT molecular complexity index is 493. The van der Waals surface area contributed by atoms with Crippen LogP contribution in [0.1, 0.15) is 18.4 Å². The number of rotatable bonds is 8. The molecule has 5 heteroatoms. The molecule has 1 heterocycles. The summed E-state index contributed by atoms with van der Waals surface area (Å²) in [6, 6.07) is 7.99. The minimum Gasteiger partial charge on any atom is -0.496 e. The van der Waals surface area contributed by atoms with Crippen molar-refractivity contribution in [2.75, 3.05) is 40.3 Å². The zero-order valence-corrected chi connectivity index (χ0v) is 13.5. The van der Waals surface area contributed by atoms with E-state index in [-0.39, 0.29) is 5.91 Å². The highest BCUT2D eigenvalue weighted by Gasteiger charge is 2.22. The normalized spacial score (nSPS) is 16.4. The summed E-state index contributed by atoms with van der Waals surface area (Å²) in [5.41, 5.74) is 1.17. The second kappa shape index (κ2) is 8.15. The van der Waals surface area contributed by atoms with Gasteiger partial charge in [-0.2, -0.15) is 0 Å². The SMILES string of the molecule is COc1ccccc1CCN(C)CC(O)CN1CCCC1=O. The molecule has 0 bridgehead atoms. The number of para-hydroxylation sites is 1. The van der Waals surface area contributed by atoms with Crippen LogP contribution in [0.5, 0.6) is 5.75 Å². The zero-order valence-electron chi connectivity index (χ0n) is 13.5. The topological polar surface area (TPSA) is 53.0 Å². The molecule has 1 atom stereocenters. The van der Waals surface area contributed by atoms with Crippen LogP contribution in [-0.2, 0) is 11.2 Å². The Morgan fingerprint density at radius 3 is 2.86 bits per heavy atom. The van der Waals surface area contributed by atoms with Gasteiger partial charge in [0.05, 0.1) is 13.2 Å². The van der Waals surface area contributed by atoms with Crippen molar-refractivity contribution in [2.45, 2.75) is 25.4 Å². The molecule has 2 rings (SSSR count). The molecular formula is C17H26N2O3. The largest absolute Gasteiger partial charge is 0.496 e. The summed E-state index contributed by atoms with van der Waals surface area (Å²) in [4.78, 5) is 15.4. The standard InChI is InChI=1S/C17H26N2O3/c1-18(11-9-14-6-3-4-7-16(14)22-2)12-15(20)13-19-10-5-8-17(19)21/h3-4,6-7,15,20H,5,8-13H2,1-2H3. The fourth-order valence-corrected chi connectivity index (χ4v) is 2.88. The van der Waals surface area contributed by atoms with Crippen LogP contribution in [0.4, 0.5) is 0 Å². The number of likely N-dealkylation sites (N-methyl/N-ethyl adjacent to an activating group) is 1. The Morgan fingerprint density at radius 1 is 1.41 bits per heavy atom. The van der Waals surface area contributed by atoms with E-state index in [1.807, 2.05) is 25.2 Å². The first kappa shape index (κ1) is 16.8. The van der Waals surface area contributed by atoms with E-state index in [1.165, 1.54) is 5.56 Å². The van der Waals surface area contributed by atoms with Gasteiger partial charge in [0.25, 0.3) is 0 Å². The van der Waals surface area contributed by atoms with E-state index < -0.39 is 6.10 Å². The minimum atomic E-state index is -0.496. The summed E-state index contributed by atoms with van der Waals surface area (Å²) >= 11 is 0. The van der Waals surface area contributed by atoms with E-state index in [4.69, 9.17) is 4.74 Å². The summed E-state index contributed by atoms with van der Waals surface area (Å²) in [6.45, 7) is 2.63. The minimum absolute atomic E-state index is 0.163. The van der Waals surface area contributed by atoms with Crippen LogP contribution < -0.4 is 4.74 Å². The number of hydrogen-bond donors (Lipinski definition) is 1. The van der Waals surface area contributed by atoms with Crippen LogP contribution in [0, 0.1) is 0 Å². The third-order valence-corrected chi connectivity index (χ3v) is 4.08. The molecule has 1 unspecified atom stereocenters. The quantitative estimate of drug-likeness (QED) is 0.783. The third-order valence-electron chi connectivity index (χ3n) is 4.08. The summed E-state index contributed by atoms with van der Waals surface area (Å²) in [7, 11) is 3.67. The van der Waals surface area contributed by atoms with E-state index >= 15 is 0 Å². The molecule has 1 amide bonds. The lowest BCUT2D eigenvalue weighted by Crippen LogP contribution is -2.40. The van der Waals surface area contributed by atoms with Crippen molar-refractivity contribution in [1.82, 2.24) is 9.80 Å². The van der Waals surface area contributed by atoms with Crippen molar-refractivity contribution in [1.29, 1.82) is 0 Å². The number of methoxy groups -OCH3 is 1. The van der Waals surface area contributed by atoms with Crippen molar-refractivity contribution >= 4 is 5.91 Å². The maximum atomic E-state index is 11.6. The van der Waals surface area contributed by atoms with Gasteiger partial charge in [-0.15, -0.1) is 0 Å². The fourth-order valence-electron chi connectivity index (χ4n) is 2.88. The molecule has 0 aromatic heterocycles. The van der Waals surface area contributed by atoms with Crippen LogP contribution in [0.15, 0.2) is 24.3 Å². The summed E-state index contributed by atoms with van der Waals surface area (Å²) in [5, 5.41) is 10.1. The molecule has 0 spiro atoms. The number of likely N-dealkylation sites (tertiary alicyclic amines) is 1. The number of carbonyl (C=O) groups is 1. The number of ether oxygens (including phenoxy) is 1. The monoisotopic (exact) mass is 306 g/mol. The van der Waals surface area contributed by atoms with Gasteiger partial charge in [0.15, 0.2) is 0 Å². The van der Waals surface area contributed by atoms with Crippen molar-refractivity contribution < 1.29 is 14.6 Å². The molecule has 0 aliphatic carbocycles.